The number of para-hydroxylation sites is 1. The molecule has 0 bridgehead atoms. The van der Waals surface area contributed by atoms with Crippen LogP contribution in [0.4, 0.5) is 0 Å². The van der Waals surface area contributed by atoms with Gasteiger partial charge in [-0.15, -0.1) is 0 Å². The number of nitrogens with one attached hydrogen (secondary N) is 1. The molecule has 4 nitrogen and oxygen atoms in total. The van der Waals surface area contributed by atoms with E-state index in [1.165, 1.54) is 0 Å². The van der Waals surface area contributed by atoms with Gasteiger partial charge >= 0.3 is 0 Å². The maximum Gasteiger partial charge on any atom is 0.124 e. The Morgan fingerprint density at radius 1 is 1.29 bits per heavy atom. The van der Waals surface area contributed by atoms with Gasteiger partial charge in [-0.25, -0.2) is 0 Å². The SMILES string of the molecule is CCCOc1ccccc1C(CCOC)NN. The van der Waals surface area contributed by atoms with Crippen LogP contribution in [-0.2, 0) is 4.74 Å². The number of rotatable bonds is 8. The third kappa shape index (κ3) is 4.34. The molecule has 0 radical (unpaired) electrons. The van der Waals surface area contributed by atoms with Crippen molar-refractivity contribution in [1.82, 2.24) is 5.43 Å². The zero-order valence-corrected chi connectivity index (χ0v) is 10.6. The van der Waals surface area contributed by atoms with Crippen LogP contribution in [-0.4, -0.2) is 20.3 Å². The Balaban J connectivity index is 2.77. The summed E-state index contributed by atoms with van der Waals surface area (Å²) in [6.45, 7) is 3.47. The molecule has 0 aliphatic rings. The molecule has 1 unspecified atom stereocenters. The van der Waals surface area contributed by atoms with Crippen molar-refractivity contribution in [2.45, 2.75) is 25.8 Å². The molecule has 0 aliphatic carbocycles. The molecular formula is C13H22N2O2. The average molecular weight is 238 g/mol. The van der Waals surface area contributed by atoms with E-state index in [0.29, 0.717) is 6.61 Å². The second-order valence-electron chi connectivity index (χ2n) is 3.89. The number of benzene rings is 1. The number of nitrogens with two attached hydrogens (primary N) is 1. The van der Waals surface area contributed by atoms with Gasteiger partial charge in [-0.3, -0.25) is 11.3 Å². The lowest BCUT2D eigenvalue weighted by molar-refractivity contribution is 0.182. The predicted molar refractivity (Wildman–Crippen MR) is 68.8 cm³/mol. The number of hydrogen-bond acceptors (Lipinski definition) is 4. The van der Waals surface area contributed by atoms with Gasteiger partial charge in [0.15, 0.2) is 0 Å². The normalized spacial score (nSPS) is 12.4. The maximum absolute atomic E-state index is 5.71. The van der Waals surface area contributed by atoms with Gasteiger partial charge in [0.2, 0.25) is 0 Å². The molecule has 0 amide bonds. The third-order valence-corrected chi connectivity index (χ3v) is 2.57. The van der Waals surface area contributed by atoms with E-state index in [-0.39, 0.29) is 6.04 Å². The number of ether oxygens (including phenoxy) is 2. The first-order chi connectivity index (χ1) is 8.33. The maximum atomic E-state index is 5.71. The molecule has 0 aliphatic heterocycles. The van der Waals surface area contributed by atoms with Crippen molar-refractivity contribution in [3.63, 3.8) is 0 Å². The third-order valence-electron chi connectivity index (χ3n) is 2.57. The minimum Gasteiger partial charge on any atom is -0.493 e. The highest BCUT2D eigenvalue weighted by atomic mass is 16.5. The van der Waals surface area contributed by atoms with Gasteiger partial charge in [-0.1, -0.05) is 25.1 Å². The van der Waals surface area contributed by atoms with Crippen LogP contribution in [0.2, 0.25) is 0 Å². The summed E-state index contributed by atoms with van der Waals surface area (Å²) in [5, 5.41) is 0. The molecule has 0 aromatic heterocycles. The summed E-state index contributed by atoms with van der Waals surface area (Å²) in [5.41, 5.74) is 3.89. The topological polar surface area (TPSA) is 56.5 Å². The summed E-state index contributed by atoms with van der Waals surface area (Å²) in [5.74, 6) is 6.48. The molecule has 1 aromatic rings. The van der Waals surface area contributed by atoms with Crippen molar-refractivity contribution in [1.29, 1.82) is 0 Å². The smallest absolute Gasteiger partial charge is 0.124 e. The zero-order chi connectivity index (χ0) is 12.5. The van der Waals surface area contributed by atoms with Crippen molar-refractivity contribution in [2.24, 2.45) is 5.84 Å². The Morgan fingerprint density at radius 2 is 2.06 bits per heavy atom. The van der Waals surface area contributed by atoms with Crippen LogP contribution in [0, 0.1) is 0 Å². The molecule has 17 heavy (non-hydrogen) atoms. The Morgan fingerprint density at radius 3 is 2.71 bits per heavy atom. The van der Waals surface area contributed by atoms with E-state index in [9.17, 15) is 0 Å². The first-order valence-corrected chi connectivity index (χ1v) is 6.00. The average Bonchev–Trinajstić information content (AvgIpc) is 2.38. The number of hydrogen-bond donors (Lipinski definition) is 2. The van der Waals surface area contributed by atoms with Crippen molar-refractivity contribution in [3.05, 3.63) is 29.8 Å². The van der Waals surface area contributed by atoms with E-state index in [1.54, 1.807) is 7.11 Å². The lowest BCUT2D eigenvalue weighted by Gasteiger charge is -2.19. The number of methoxy groups -OCH3 is 1. The zero-order valence-electron chi connectivity index (χ0n) is 10.6. The molecular weight excluding hydrogens is 216 g/mol. The molecule has 1 aromatic carbocycles. The van der Waals surface area contributed by atoms with E-state index in [1.807, 2.05) is 24.3 Å². The fourth-order valence-corrected chi connectivity index (χ4v) is 1.68. The van der Waals surface area contributed by atoms with E-state index in [2.05, 4.69) is 12.3 Å². The summed E-state index contributed by atoms with van der Waals surface area (Å²) in [4.78, 5) is 0. The highest BCUT2D eigenvalue weighted by Gasteiger charge is 2.14. The molecule has 0 fully saturated rings. The molecule has 1 rings (SSSR count). The van der Waals surface area contributed by atoms with E-state index >= 15 is 0 Å². The van der Waals surface area contributed by atoms with Crippen molar-refractivity contribution in [3.8, 4) is 5.75 Å². The summed E-state index contributed by atoms with van der Waals surface area (Å²) in [6.07, 6.45) is 1.81. The summed E-state index contributed by atoms with van der Waals surface area (Å²) in [7, 11) is 1.69. The highest BCUT2D eigenvalue weighted by molar-refractivity contribution is 5.35. The summed E-state index contributed by atoms with van der Waals surface area (Å²) >= 11 is 0. The van der Waals surface area contributed by atoms with Crippen LogP contribution in [0.25, 0.3) is 0 Å². The largest absolute Gasteiger partial charge is 0.493 e. The second kappa shape index (κ2) is 8.06. The molecule has 0 saturated heterocycles. The van der Waals surface area contributed by atoms with Crippen molar-refractivity contribution in [2.75, 3.05) is 20.3 Å². The second-order valence-corrected chi connectivity index (χ2v) is 3.89. The van der Waals surface area contributed by atoms with Crippen LogP contribution in [0.5, 0.6) is 5.75 Å². The van der Waals surface area contributed by atoms with Gasteiger partial charge in [0.05, 0.1) is 12.6 Å². The first kappa shape index (κ1) is 14.0. The Hall–Kier alpha value is -1.10. The first-order valence-electron chi connectivity index (χ1n) is 6.00. The van der Waals surface area contributed by atoms with Gasteiger partial charge in [0.1, 0.15) is 5.75 Å². The van der Waals surface area contributed by atoms with Gasteiger partial charge in [0.25, 0.3) is 0 Å². The Kier molecular flexibility index (Phi) is 6.62. The van der Waals surface area contributed by atoms with E-state index in [0.717, 1.165) is 30.8 Å². The molecule has 0 spiro atoms. The van der Waals surface area contributed by atoms with Crippen LogP contribution in [0.15, 0.2) is 24.3 Å². The Labute approximate surface area is 103 Å². The van der Waals surface area contributed by atoms with Crippen LogP contribution in [0.3, 0.4) is 0 Å². The van der Waals surface area contributed by atoms with Crippen molar-refractivity contribution < 1.29 is 9.47 Å². The molecule has 4 heteroatoms. The van der Waals surface area contributed by atoms with Crippen LogP contribution in [0.1, 0.15) is 31.4 Å². The predicted octanol–water partition coefficient (Wildman–Crippen LogP) is 2.02. The lowest BCUT2D eigenvalue weighted by Crippen LogP contribution is -2.29. The highest BCUT2D eigenvalue weighted by Crippen LogP contribution is 2.26. The molecule has 0 heterocycles. The van der Waals surface area contributed by atoms with Gasteiger partial charge in [0, 0.05) is 19.3 Å². The fourth-order valence-electron chi connectivity index (χ4n) is 1.68. The van der Waals surface area contributed by atoms with Crippen LogP contribution >= 0.6 is 0 Å². The molecule has 3 N–H and O–H groups in total. The van der Waals surface area contributed by atoms with Crippen molar-refractivity contribution >= 4 is 0 Å². The quantitative estimate of drug-likeness (QED) is 0.537. The standard InChI is InChI=1S/C13H22N2O2/c1-3-9-17-13-7-5-4-6-11(13)12(15-14)8-10-16-2/h4-7,12,15H,3,8-10,14H2,1-2H3. The molecule has 1 atom stereocenters. The van der Waals surface area contributed by atoms with E-state index in [4.69, 9.17) is 15.3 Å². The summed E-state index contributed by atoms with van der Waals surface area (Å²) < 4.78 is 10.8. The lowest BCUT2D eigenvalue weighted by atomic mass is 10.0. The van der Waals surface area contributed by atoms with Crippen LogP contribution < -0.4 is 16.0 Å². The van der Waals surface area contributed by atoms with Gasteiger partial charge < -0.3 is 9.47 Å². The summed E-state index contributed by atoms with van der Waals surface area (Å²) in [6, 6.07) is 8.03. The molecule has 0 saturated carbocycles. The minimum atomic E-state index is 0.0583. The number of hydrazine groups is 1. The monoisotopic (exact) mass is 238 g/mol. The fraction of sp³-hybridized carbons (Fsp3) is 0.538. The van der Waals surface area contributed by atoms with Gasteiger partial charge in [-0.2, -0.15) is 0 Å². The Bertz CT molecular complexity index is 318. The van der Waals surface area contributed by atoms with Gasteiger partial charge in [-0.05, 0) is 18.9 Å². The molecule has 96 valence electrons. The van der Waals surface area contributed by atoms with E-state index < -0.39 is 0 Å². The minimum absolute atomic E-state index is 0.0583.